The third-order valence-corrected chi connectivity index (χ3v) is 2.70. The molecule has 1 atom stereocenters. The molecule has 0 aliphatic carbocycles. The Kier molecular flexibility index (Phi) is 5.05. The number of aryl methyl sites for hydroxylation is 1. The van der Waals surface area contributed by atoms with E-state index in [4.69, 9.17) is 10.2 Å². The molecule has 0 saturated carbocycles. The van der Waals surface area contributed by atoms with Gasteiger partial charge in [-0.15, -0.1) is 0 Å². The Balaban J connectivity index is 2.40. The lowest BCUT2D eigenvalue weighted by Gasteiger charge is -2.13. The van der Waals surface area contributed by atoms with Crippen molar-refractivity contribution >= 4 is 5.91 Å². The number of carbonyl (C=O) groups is 1. The summed E-state index contributed by atoms with van der Waals surface area (Å²) in [6.45, 7) is 5.27. The summed E-state index contributed by atoms with van der Waals surface area (Å²) in [6, 6.07) is 1.74. The third kappa shape index (κ3) is 3.70. The number of nitrogens with one attached hydrogen (secondary N) is 1. The highest BCUT2D eigenvalue weighted by molar-refractivity contribution is 5.93. The van der Waals surface area contributed by atoms with Crippen LogP contribution in [0, 0.1) is 12.8 Å². The fraction of sp³-hybridized carbons (Fsp3) is 0.583. The first kappa shape index (κ1) is 12.8. The van der Waals surface area contributed by atoms with Crippen LogP contribution in [0.15, 0.2) is 16.7 Å². The van der Waals surface area contributed by atoms with Gasteiger partial charge in [-0.2, -0.15) is 0 Å². The number of carbonyl (C=O) groups excluding carboxylic acids is 1. The number of hydrogen-bond donors (Lipinski definition) is 2. The molecule has 0 aliphatic heterocycles. The summed E-state index contributed by atoms with van der Waals surface area (Å²) in [5.41, 5.74) is 6.08. The van der Waals surface area contributed by atoms with Gasteiger partial charge in [-0.3, -0.25) is 4.79 Å². The highest BCUT2D eigenvalue weighted by Crippen LogP contribution is 2.08. The maximum Gasteiger partial charge on any atom is 0.254 e. The maximum absolute atomic E-state index is 11.7. The molecule has 4 heteroatoms. The second-order valence-corrected chi connectivity index (χ2v) is 4.01. The molecule has 0 spiro atoms. The predicted molar refractivity (Wildman–Crippen MR) is 63.2 cm³/mol. The van der Waals surface area contributed by atoms with Crippen LogP contribution in [-0.2, 0) is 0 Å². The molecule has 0 bridgehead atoms. The maximum atomic E-state index is 11.7. The molecule has 0 radical (unpaired) electrons. The molecule has 1 amide bonds. The molecular formula is C12H20N2O2. The van der Waals surface area contributed by atoms with Crippen molar-refractivity contribution in [2.75, 3.05) is 13.1 Å². The van der Waals surface area contributed by atoms with Crippen LogP contribution in [0.2, 0.25) is 0 Å². The van der Waals surface area contributed by atoms with E-state index in [0.717, 1.165) is 18.6 Å². The molecule has 0 aromatic carbocycles. The van der Waals surface area contributed by atoms with E-state index < -0.39 is 0 Å². The summed E-state index contributed by atoms with van der Waals surface area (Å²) in [5, 5.41) is 2.89. The van der Waals surface area contributed by atoms with Gasteiger partial charge < -0.3 is 15.5 Å². The van der Waals surface area contributed by atoms with Gasteiger partial charge in [0.15, 0.2) is 0 Å². The van der Waals surface area contributed by atoms with Gasteiger partial charge in [0.25, 0.3) is 5.91 Å². The van der Waals surface area contributed by atoms with E-state index in [9.17, 15) is 4.79 Å². The Morgan fingerprint density at radius 3 is 2.88 bits per heavy atom. The zero-order valence-corrected chi connectivity index (χ0v) is 9.95. The molecule has 1 rings (SSSR count). The second-order valence-electron chi connectivity index (χ2n) is 4.01. The second kappa shape index (κ2) is 6.33. The Hall–Kier alpha value is -1.29. The molecule has 1 heterocycles. The fourth-order valence-corrected chi connectivity index (χ4v) is 1.59. The third-order valence-electron chi connectivity index (χ3n) is 2.70. The number of hydrogen-bond acceptors (Lipinski definition) is 3. The monoisotopic (exact) mass is 224 g/mol. The summed E-state index contributed by atoms with van der Waals surface area (Å²) < 4.78 is 5.09. The molecule has 90 valence electrons. The Labute approximate surface area is 96.2 Å². The quantitative estimate of drug-likeness (QED) is 0.772. The van der Waals surface area contributed by atoms with E-state index in [1.54, 1.807) is 6.07 Å². The average Bonchev–Trinajstić information content (AvgIpc) is 2.70. The van der Waals surface area contributed by atoms with E-state index in [-0.39, 0.29) is 5.91 Å². The van der Waals surface area contributed by atoms with Crippen molar-refractivity contribution in [3.8, 4) is 0 Å². The van der Waals surface area contributed by atoms with Crippen LogP contribution in [0.1, 0.15) is 35.9 Å². The summed E-state index contributed by atoms with van der Waals surface area (Å²) in [4.78, 5) is 11.7. The van der Waals surface area contributed by atoms with E-state index in [2.05, 4.69) is 12.2 Å². The predicted octanol–water partition coefficient (Wildman–Crippen LogP) is 1.69. The first-order valence-electron chi connectivity index (χ1n) is 5.70. The van der Waals surface area contributed by atoms with Crippen molar-refractivity contribution < 1.29 is 9.21 Å². The van der Waals surface area contributed by atoms with Gasteiger partial charge in [-0.05, 0) is 31.9 Å². The minimum absolute atomic E-state index is 0.0766. The molecule has 3 N–H and O–H groups in total. The van der Waals surface area contributed by atoms with Crippen LogP contribution in [0.5, 0.6) is 0 Å². The van der Waals surface area contributed by atoms with Crippen LogP contribution in [0.3, 0.4) is 0 Å². The Morgan fingerprint density at radius 2 is 2.38 bits per heavy atom. The number of rotatable bonds is 6. The lowest BCUT2D eigenvalue weighted by atomic mass is 10.0. The fourth-order valence-electron chi connectivity index (χ4n) is 1.59. The van der Waals surface area contributed by atoms with Gasteiger partial charge in [0, 0.05) is 6.54 Å². The first-order chi connectivity index (χ1) is 7.67. The van der Waals surface area contributed by atoms with Crippen molar-refractivity contribution in [1.82, 2.24) is 5.32 Å². The van der Waals surface area contributed by atoms with Gasteiger partial charge in [-0.25, -0.2) is 0 Å². The summed E-state index contributed by atoms with van der Waals surface area (Å²) in [5.74, 6) is 1.13. The number of nitrogens with two attached hydrogens (primary N) is 1. The largest absolute Gasteiger partial charge is 0.469 e. The molecule has 0 aliphatic rings. The zero-order valence-electron chi connectivity index (χ0n) is 9.95. The molecule has 1 aromatic rings. The first-order valence-corrected chi connectivity index (χ1v) is 5.70. The highest BCUT2D eigenvalue weighted by atomic mass is 16.3. The van der Waals surface area contributed by atoms with Crippen molar-refractivity contribution in [3.63, 3.8) is 0 Å². The van der Waals surface area contributed by atoms with Gasteiger partial charge >= 0.3 is 0 Å². The van der Waals surface area contributed by atoms with E-state index in [1.807, 2.05) is 6.92 Å². The van der Waals surface area contributed by atoms with E-state index in [1.165, 1.54) is 6.26 Å². The smallest absolute Gasteiger partial charge is 0.254 e. The molecule has 0 saturated heterocycles. The van der Waals surface area contributed by atoms with Crippen LogP contribution in [-0.4, -0.2) is 19.0 Å². The summed E-state index contributed by atoms with van der Waals surface area (Å²) >= 11 is 0. The molecule has 0 fully saturated rings. The minimum Gasteiger partial charge on any atom is -0.469 e. The average molecular weight is 224 g/mol. The van der Waals surface area contributed by atoms with E-state index in [0.29, 0.717) is 24.6 Å². The molecule has 1 unspecified atom stereocenters. The lowest BCUT2D eigenvalue weighted by Crippen LogP contribution is -2.29. The molecule has 16 heavy (non-hydrogen) atoms. The summed E-state index contributed by atoms with van der Waals surface area (Å²) in [6.07, 6.45) is 3.46. The van der Waals surface area contributed by atoms with Crippen molar-refractivity contribution in [3.05, 3.63) is 23.7 Å². The SMILES string of the molecule is CCC(CCN)CNC(=O)c1coc(C)c1. The number of amides is 1. The highest BCUT2D eigenvalue weighted by Gasteiger charge is 2.11. The van der Waals surface area contributed by atoms with Crippen LogP contribution in [0.4, 0.5) is 0 Å². The van der Waals surface area contributed by atoms with Crippen LogP contribution < -0.4 is 11.1 Å². The van der Waals surface area contributed by atoms with Crippen molar-refractivity contribution in [1.29, 1.82) is 0 Å². The van der Waals surface area contributed by atoms with Crippen LogP contribution in [0.25, 0.3) is 0 Å². The minimum atomic E-state index is -0.0766. The zero-order chi connectivity index (χ0) is 12.0. The van der Waals surface area contributed by atoms with Crippen molar-refractivity contribution in [2.45, 2.75) is 26.7 Å². The summed E-state index contributed by atoms with van der Waals surface area (Å²) in [7, 11) is 0. The van der Waals surface area contributed by atoms with Gasteiger partial charge in [0.05, 0.1) is 5.56 Å². The number of furan rings is 1. The van der Waals surface area contributed by atoms with Gasteiger partial charge in [0.1, 0.15) is 12.0 Å². The van der Waals surface area contributed by atoms with Crippen molar-refractivity contribution in [2.24, 2.45) is 11.7 Å². The standard InChI is InChI=1S/C12H20N2O2/c1-3-10(4-5-13)7-14-12(15)11-6-9(2)16-8-11/h6,8,10H,3-5,7,13H2,1-2H3,(H,14,15). The molecular weight excluding hydrogens is 204 g/mol. The molecule has 1 aromatic heterocycles. The molecule has 4 nitrogen and oxygen atoms in total. The van der Waals surface area contributed by atoms with E-state index >= 15 is 0 Å². The topological polar surface area (TPSA) is 68.3 Å². The lowest BCUT2D eigenvalue weighted by molar-refractivity contribution is 0.0945. The Morgan fingerprint density at radius 1 is 1.62 bits per heavy atom. The van der Waals surface area contributed by atoms with Gasteiger partial charge in [0.2, 0.25) is 0 Å². The van der Waals surface area contributed by atoms with Crippen LogP contribution >= 0.6 is 0 Å². The normalized spacial score (nSPS) is 12.4. The Bertz CT molecular complexity index is 334. The van der Waals surface area contributed by atoms with Gasteiger partial charge in [-0.1, -0.05) is 13.3 Å².